The van der Waals surface area contributed by atoms with E-state index in [1.54, 1.807) is 19.3 Å². The van der Waals surface area contributed by atoms with Gasteiger partial charge in [-0.15, -0.1) is 11.3 Å². The fraction of sp³-hybridized carbons (Fsp3) is 0.360. The zero-order chi connectivity index (χ0) is 27.9. The third-order valence-electron chi connectivity index (χ3n) is 5.15. The Bertz CT molecular complexity index is 1400. The molecule has 1 aromatic carbocycles. The fourth-order valence-electron chi connectivity index (χ4n) is 3.21. The SMILES string of the molecule is CC.CC.CCc1coc(CNc2c(N(N)c3csc(C(=O)N(C)c4cc(C)on4)c3O)c(=O)c2=O)c1. The number of aryl methyl sites for hydroxylation is 2. The molecule has 0 saturated heterocycles. The van der Waals surface area contributed by atoms with Crippen LogP contribution in [0.3, 0.4) is 0 Å². The number of carbonyl (C=O) groups is 1. The summed E-state index contributed by atoms with van der Waals surface area (Å²) >= 11 is 0.938. The van der Waals surface area contributed by atoms with E-state index in [-0.39, 0.29) is 34.3 Å². The summed E-state index contributed by atoms with van der Waals surface area (Å²) in [4.78, 5) is 38.4. The fourth-order valence-corrected chi connectivity index (χ4v) is 4.12. The van der Waals surface area contributed by atoms with Gasteiger partial charge in [0.15, 0.2) is 11.6 Å². The Morgan fingerprint density at radius 2 is 1.86 bits per heavy atom. The molecule has 0 fully saturated rings. The number of amides is 1. The van der Waals surface area contributed by atoms with Crippen molar-refractivity contribution in [2.45, 2.75) is 54.5 Å². The average Bonchev–Trinajstić information content (AvgIpc) is 3.67. The monoisotopic (exact) mass is 531 g/mol. The average molecular weight is 532 g/mol. The van der Waals surface area contributed by atoms with Crippen LogP contribution in [0.2, 0.25) is 0 Å². The number of hydrogen-bond donors (Lipinski definition) is 3. The highest BCUT2D eigenvalue weighted by Crippen LogP contribution is 2.40. The number of aromatic hydroxyl groups is 1. The van der Waals surface area contributed by atoms with Gasteiger partial charge in [-0.2, -0.15) is 0 Å². The topological polar surface area (TPSA) is 155 Å². The lowest BCUT2D eigenvalue weighted by Gasteiger charge is -2.22. The smallest absolute Gasteiger partial charge is 0.273 e. The van der Waals surface area contributed by atoms with E-state index in [0.29, 0.717) is 11.5 Å². The van der Waals surface area contributed by atoms with Crippen LogP contribution >= 0.6 is 11.3 Å². The second-order valence-corrected chi connectivity index (χ2v) is 8.22. The number of nitrogens with two attached hydrogens (primary N) is 1. The molecule has 4 aromatic rings. The molecule has 0 spiro atoms. The maximum absolute atomic E-state index is 12.8. The number of nitrogens with zero attached hydrogens (tertiary/aromatic N) is 3. The molecule has 0 aliphatic carbocycles. The number of carbonyl (C=O) groups excluding carboxylic acids is 1. The Kier molecular flexibility index (Phi) is 10.2. The Balaban J connectivity index is 0.00000115. The van der Waals surface area contributed by atoms with Crippen LogP contribution in [-0.2, 0) is 13.0 Å². The molecule has 0 bridgehead atoms. The van der Waals surface area contributed by atoms with Crippen molar-refractivity contribution in [3.8, 4) is 5.75 Å². The summed E-state index contributed by atoms with van der Waals surface area (Å²) in [5.41, 5.74) is -0.629. The Labute approximate surface area is 218 Å². The number of nitrogens with one attached hydrogen (secondary N) is 1. The van der Waals surface area contributed by atoms with Crippen molar-refractivity contribution in [3.63, 3.8) is 0 Å². The van der Waals surface area contributed by atoms with E-state index < -0.39 is 22.5 Å². The lowest BCUT2D eigenvalue weighted by atomic mass is 10.1. The zero-order valence-corrected chi connectivity index (χ0v) is 22.9. The Morgan fingerprint density at radius 3 is 2.43 bits per heavy atom. The predicted molar refractivity (Wildman–Crippen MR) is 146 cm³/mol. The van der Waals surface area contributed by atoms with Crippen molar-refractivity contribution in [1.29, 1.82) is 0 Å². The second kappa shape index (κ2) is 12.9. The van der Waals surface area contributed by atoms with E-state index in [0.717, 1.165) is 28.3 Å². The minimum atomic E-state index is -0.803. The number of thiophene rings is 1. The summed E-state index contributed by atoms with van der Waals surface area (Å²) in [7, 11) is 1.48. The van der Waals surface area contributed by atoms with Crippen LogP contribution in [0.4, 0.5) is 22.9 Å². The first kappa shape index (κ1) is 29.3. The van der Waals surface area contributed by atoms with Crippen LogP contribution in [0, 0.1) is 6.92 Å². The largest absolute Gasteiger partial charge is 0.504 e. The molecular weight excluding hydrogens is 498 g/mol. The van der Waals surface area contributed by atoms with Crippen molar-refractivity contribution >= 4 is 40.1 Å². The Hall–Kier alpha value is -3.90. The first-order chi connectivity index (χ1) is 17.7. The van der Waals surface area contributed by atoms with Crippen LogP contribution in [0.5, 0.6) is 5.75 Å². The summed E-state index contributed by atoms with van der Waals surface area (Å²) < 4.78 is 10.4. The predicted octanol–water partition coefficient (Wildman–Crippen LogP) is 4.45. The molecule has 4 rings (SSSR count). The van der Waals surface area contributed by atoms with Gasteiger partial charge in [-0.25, -0.2) is 5.84 Å². The number of aromatic nitrogens is 1. The van der Waals surface area contributed by atoms with Gasteiger partial charge in [0.1, 0.15) is 33.5 Å². The molecule has 4 N–H and O–H groups in total. The number of rotatable bonds is 8. The van der Waals surface area contributed by atoms with Crippen LogP contribution < -0.4 is 31.9 Å². The second-order valence-electron chi connectivity index (χ2n) is 7.34. The molecule has 11 nitrogen and oxygen atoms in total. The first-order valence-corrected chi connectivity index (χ1v) is 12.8. The third-order valence-corrected chi connectivity index (χ3v) is 6.09. The van der Waals surface area contributed by atoms with Gasteiger partial charge < -0.3 is 19.4 Å². The molecule has 0 atom stereocenters. The minimum Gasteiger partial charge on any atom is -0.504 e. The molecular formula is C25H33N5O6S. The van der Waals surface area contributed by atoms with Crippen molar-refractivity contribution in [2.75, 3.05) is 22.3 Å². The molecule has 3 heterocycles. The number of hydrazine groups is 1. The summed E-state index contributed by atoms with van der Waals surface area (Å²) in [5.74, 6) is 6.50. The van der Waals surface area contributed by atoms with E-state index >= 15 is 0 Å². The zero-order valence-electron chi connectivity index (χ0n) is 22.0. The maximum Gasteiger partial charge on any atom is 0.273 e. The highest BCUT2D eigenvalue weighted by molar-refractivity contribution is 7.13. The standard InChI is InChI=1S/C21H21N5O6S.2C2H6/c1-4-11-6-12(31-8-11)7-23-15-16(19(29)18(15)28)26(22)13-9-33-20(17(13)27)21(30)25(3)14-5-10(2)32-24-14;2*1-2/h5-6,8-9,23,27H,4,7,22H2,1-3H3;2*1-2H3. The van der Waals surface area contributed by atoms with Gasteiger partial charge in [0.05, 0.1) is 12.8 Å². The highest BCUT2D eigenvalue weighted by atomic mass is 32.1. The lowest BCUT2D eigenvalue weighted by molar-refractivity contribution is 0.0993. The molecule has 0 aliphatic rings. The summed E-state index contributed by atoms with van der Waals surface area (Å²) in [6, 6.07) is 3.41. The van der Waals surface area contributed by atoms with Crippen molar-refractivity contribution in [2.24, 2.45) is 5.84 Å². The quantitative estimate of drug-likeness (QED) is 0.169. The molecule has 3 aromatic heterocycles. The van der Waals surface area contributed by atoms with Crippen LogP contribution in [0.15, 0.2) is 42.3 Å². The van der Waals surface area contributed by atoms with Crippen LogP contribution in [-0.4, -0.2) is 23.2 Å². The first-order valence-electron chi connectivity index (χ1n) is 11.9. The molecule has 12 heteroatoms. The minimum absolute atomic E-state index is 0.00520. The number of anilines is 4. The van der Waals surface area contributed by atoms with Gasteiger partial charge in [0.2, 0.25) is 0 Å². The van der Waals surface area contributed by atoms with E-state index in [9.17, 15) is 19.5 Å². The molecule has 0 aliphatic heterocycles. The van der Waals surface area contributed by atoms with Gasteiger partial charge in [0.25, 0.3) is 16.8 Å². The molecule has 0 radical (unpaired) electrons. The maximum atomic E-state index is 12.8. The number of furan rings is 1. The summed E-state index contributed by atoms with van der Waals surface area (Å²) in [6.45, 7) is 11.8. The molecule has 200 valence electrons. The van der Waals surface area contributed by atoms with Crippen molar-refractivity contribution in [3.05, 3.63) is 66.2 Å². The van der Waals surface area contributed by atoms with E-state index in [1.807, 2.05) is 40.7 Å². The molecule has 0 saturated carbocycles. The van der Waals surface area contributed by atoms with Crippen molar-refractivity contribution in [1.82, 2.24) is 5.16 Å². The van der Waals surface area contributed by atoms with E-state index in [1.165, 1.54) is 17.3 Å². The molecule has 37 heavy (non-hydrogen) atoms. The van der Waals surface area contributed by atoms with Gasteiger partial charge in [-0.3, -0.25) is 24.3 Å². The van der Waals surface area contributed by atoms with E-state index in [2.05, 4.69) is 10.5 Å². The van der Waals surface area contributed by atoms with Crippen molar-refractivity contribution < 1.29 is 18.8 Å². The highest BCUT2D eigenvalue weighted by Gasteiger charge is 2.30. The molecule has 0 unspecified atom stereocenters. The lowest BCUT2D eigenvalue weighted by Crippen LogP contribution is -2.43. The van der Waals surface area contributed by atoms with Crippen LogP contribution in [0.25, 0.3) is 0 Å². The van der Waals surface area contributed by atoms with Crippen LogP contribution in [0.1, 0.15) is 61.4 Å². The summed E-state index contributed by atoms with van der Waals surface area (Å²) in [6.07, 6.45) is 2.42. The molecule has 1 amide bonds. The summed E-state index contributed by atoms with van der Waals surface area (Å²) in [5, 5.41) is 19.6. The third kappa shape index (κ3) is 5.92. The normalized spacial score (nSPS) is 10.3. The number of hydrogen-bond acceptors (Lipinski definition) is 11. The Morgan fingerprint density at radius 1 is 1.19 bits per heavy atom. The van der Waals surface area contributed by atoms with Gasteiger partial charge in [-0.1, -0.05) is 39.8 Å². The van der Waals surface area contributed by atoms with E-state index in [4.69, 9.17) is 14.8 Å². The van der Waals surface area contributed by atoms with Gasteiger partial charge in [0, 0.05) is 18.5 Å². The van der Waals surface area contributed by atoms with Gasteiger partial charge >= 0.3 is 0 Å². The van der Waals surface area contributed by atoms with Gasteiger partial charge in [-0.05, 0) is 25.0 Å².